The summed E-state index contributed by atoms with van der Waals surface area (Å²) in [7, 11) is 0. The molecular weight excluding hydrogens is 390 g/mol. The zero-order valence-electron chi connectivity index (χ0n) is 16.9. The Morgan fingerprint density at radius 3 is 2.55 bits per heavy atom. The van der Waals surface area contributed by atoms with E-state index in [4.69, 9.17) is 0 Å². The monoisotopic (exact) mass is 411 g/mol. The van der Waals surface area contributed by atoms with Crippen molar-refractivity contribution in [3.63, 3.8) is 0 Å². The molecule has 4 aromatic rings. The average Bonchev–Trinajstić information content (AvgIpc) is 3.25. The number of imidazole rings is 1. The van der Waals surface area contributed by atoms with E-state index in [9.17, 15) is 9.59 Å². The number of carbonyl (C=O) groups is 1. The van der Waals surface area contributed by atoms with Crippen molar-refractivity contribution in [1.82, 2.24) is 19.3 Å². The van der Waals surface area contributed by atoms with Crippen LogP contribution in [0, 0.1) is 0 Å². The number of anilines is 1. The van der Waals surface area contributed by atoms with Crippen LogP contribution in [0.25, 0.3) is 17.1 Å². The average molecular weight is 411 g/mol. The van der Waals surface area contributed by atoms with Gasteiger partial charge < -0.3 is 9.88 Å². The first-order valence-corrected chi connectivity index (χ1v) is 10.3. The van der Waals surface area contributed by atoms with Crippen molar-refractivity contribution >= 4 is 11.6 Å². The first-order valence-electron chi connectivity index (χ1n) is 10.3. The molecule has 1 N–H and O–H groups in total. The second kappa shape index (κ2) is 8.02. The van der Waals surface area contributed by atoms with Crippen molar-refractivity contribution in [3.8, 4) is 17.1 Å². The van der Waals surface area contributed by atoms with E-state index in [1.54, 1.807) is 12.1 Å². The Bertz CT molecular complexity index is 1290. The maximum atomic E-state index is 12.7. The van der Waals surface area contributed by atoms with Crippen LogP contribution in [0.3, 0.4) is 0 Å². The van der Waals surface area contributed by atoms with Crippen LogP contribution < -0.4 is 10.9 Å². The predicted octanol–water partition coefficient (Wildman–Crippen LogP) is 3.68. The number of amides is 1. The molecule has 2 aromatic heterocycles. The Hall–Kier alpha value is -4.00. The summed E-state index contributed by atoms with van der Waals surface area (Å²) in [6.07, 6.45) is 5.40. The summed E-state index contributed by atoms with van der Waals surface area (Å²) in [4.78, 5) is 29.5. The third-order valence-electron chi connectivity index (χ3n) is 5.44. The topological polar surface area (TPSA) is 81.8 Å². The van der Waals surface area contributed by atoms with Crippen molar-refractivity contribution in [3.05, 3.63) is 94.7 Å². The number of nitrogens with one attached hydrogen (secondary N) is 1. The molecule has 31 heavy (non-hydrogen) atoms. The lowest BCUT2D eigenvalue weighted by molar-refractivity contribution is 0.102. The molecule has 1 aliphatic heterocycles. The lowest BCUT2D eigenvalue weighted by Gasteiger charge is -2.16. The van der Waals surface area contributed by atoms with Crippen LogP contribution >= 0.6 is 0 Å². The van der Waals surface area contributed by atoms with Crippen LogP contribution in [0.2, 0.25) is 0 Å². The molecule has 0 saturated heterocycles. The van der Waals surface area contributed by atoms with Crippen LogP contribution in [0.5, 0.6) is 0 Å². The second-order valence-electron chi connectivity index (χ2n) is 7.52. The third-order valence-corrected chi connectivity index (χ3v) is 5.44. The molecule has 1 amide bonds. The van der Waals surface area contributed by atoms with Gasteiger partial charge in [-0.2, -0.15) is 9.78 Å². The molecule has 1 aliphatic rings. The fourth-order valence-electron chi connectivity index (χ4n) is 3.85. The largest absolute Gasteiger partial charge is 0.328 e. The van der Waals surface area contributed by atoms with E-state index in [1.807, 2.05) is 48.7 Å². The molecule has 3 heterocycles. The molecule has 0 bridgehead atoms. The maximum Gasteiger partial charge on any atom is 0.276 e. The van der Waals surface area contributed by atoms with Gasteiger partial charge in [0.1, 0.15) is 11.5 Å². The molecule has 0 saturated carbocycles. The highest BCUT2D eigenvalue weighted by Crippen LogP contribution is 2.25. The van der Waals surface area contributed by atoms with Gasteiger partial charge >= 0.3 is 0 Å². The maximum absolute atomic E-state index is 12.7. The van der Waals surface area contributed by atoms with E-state index in [0.717, 1.165) is 24.4 Å². The highest BCUT2D eigenvalue weighted by molar-refractivity contribution is 6.02. The van der Waals surface area contributed by atoms with Crippen LogP contribution in [0.1, 0.15) is 29.0 Å². The minimum absolute atomic E-state index is 0.162. The summed E-state index contributed by atoms with van der Waals surface area (Å²) in [5.41, 5.74) is 3.41. The Labute approximate surface area is 179 Å². The highest BCUT2D eigenvalue weighted by atomic mass is 16.2. The fourth-order valence-corrected chi connectivity index (χ4v) is 3.85. The predicted molar refractivity (Wildman–Crippen MR) is 118 cm³/mol. The third kappa shape index (κ3) is 3.77. The molecule has 7 heteroatoms. The standard InChI is InChI=1S/C24H21N5O2/c30-22-14-13-21(27-29(22)19-6-2-1-3-7-19)24(31)26-18-11-9-17(10-12-18)23-25-16-20-8-4-5-15-28(20)23/h1-3,6-7,9-14,16H,4-5,8,15H2,(H,26,31). The highest BCUT2D eigenvalue weighted by Gasteiger charge is 2.16. The lowest BCUT2D eigenvalue weighted by Crippen LogP contribution is -2.24. The van der Waals surface area contributed by atoms with E-state index in [2.05, 4.69) is 20.0 Å². The quantitative estimate of drug-likeness (QED) is 0.555. The molecule has 0 radical (unpaired) electrons. The van der Waals surface area contributed by atoms with E-state index >= 15 is 0 Å². The van der Waals surface area contributed by atoms with E-state index in [1.165, 1.54) is 35.4 Å². The van der Waals surface area contributed by atoms with E-state index in [-0.39, 0.29) is 17.2 Å². The minimum Gasteiger partial charge on any atom is -0.328 e. The van der Waals surface area contributed by atoms with Gasteiger partial charge in [0.25, 0.3) is 11.5 Å². The number of aromatic nitrogens is 4. The van der Waals surface area contributed by atoms with Crippen molar-refractivity contribution < 1.29 is 4.79 Å². The number of rotatable bonds is 4. The Kier molecular flexibility index (Phi) is 4.92. The van der Waals surface area contributed by atoms with Gasteiger partial charge in [0.05, 0.1) is 5.69 Å². The molecule has 0 fully saturated rings. The number of hydrogen-bond donors (Lipinski definition) is 1. The first kappa shape index (κ1) is 19.0. The van der Waals surface area contributed by atoms with Crippen LogP contribution in [0.15, 0.2) is 77.7 Å². The molecule has 0 atom stereocenters. The van der Waals surface area contributed by atoms with Crippen molar-refractivity contribution in [2.75, 3.05) is 5.32 Å². The van der Waals surface area contributed by atoms with Gasteiger partial charge in [0.2, 0.25) is 0 Å². The van der Waals surface area contributed by atoms with Crippen LogP contribution in [0.4, 0.5) is 5.69 Å². The SMILES string of the molecule is O=C(Nc1ccc(-c2ncc3n2CCCC3)cc1)c1ccc(=O)n(-c2ccccc2)n1. The normalized spacial score (nSPS) is 12.9. The molecule has 5 rings (SSSR count). The first-order chi connectivity index (χ1) is 15.2. The minimum atomic E-state index is -0.379. The molecule has 154 valence electrons. The molecule has 7 nitrogen and oxygen atoms in total. The zero-order chi connectivity index (χ0) is 21.2. The van der Waals surface area contributed by atoms with Gasteiger partial charge in [0.15, 0.2) is 0 Å². The van der Waals surface area contributed by atoms with Gasteiger partial charge in [-0.05, 0) is 61.7 Å². The Morgan fingerprint density at radius 1 is 0.935 bits per heavy atom. The number of nitrogens with zero attached hydrogens (tertiary/aromatic N) is 4. The fraction of sp³-hybridized carbons (Fsp3) is 0.167. The Morgan fingerprint density at radius 2 is 1.74 bits per heavy atom. The van der Waals surface area contributed by atoms with E-state index in [0.29, 0.717) is 11.4 Å². The van der Waals surface area contributed by atoms with Crippen molar-refractivity contribution in [2.45, 2.75) is 25.8 Å². The molecule has 0 aliphatic carbocycles. The van der Waals surface area contributed by atoms with Crippen LogP contribution in [-0.2, 0) is 13.0 Å². The van der Waals surface area contributed by atoms with Gasteiger partial charge in [-0.15, -0.1) is 0 Å². The zero-order valence-corrected chi connectivity index (χ0v) is 16.9. The van der Waals surface area contributed by atoms with Gasteiger partial charge in [-0.25, -0.2) is 4.98 Å². The van der Waals surface area contributed by atoms with Crippen LogP contribution in [-0.4, -0.2) is 25.2 Å². The number of carbonyl (C=O) groups excluding carboxylic acids is 1. The van der Waals surface area contributed by atoms with Gasteiger partial charge in [-0.1, -0.05) is 18.2 Å². The number of hydrogen-bond acceptors (Lipinski definition) is 4. The van der Waals surface area contributed by atoms with Gasteiger partial charge in [-0.3, -0.25) is 9.59 Å². The summed E-state index contributed by atoms with van der Waals surface area (Å²) in [6, 6.07) is 19.4. The second-order valence-corrected chi connectivity index (χ2v) is 7.52. The molecule has 0 spiro atoms. The number of fused-ring (bicyclic) bond motifs is 1. The van der Waals surface area contributed by atoms with E-state index < -0.39 is 0 Å². The smallest absolute Gasteiger partial charge is 0.276 e. The Balaban J connectivity index is 1.35. The summed E-state index contributed by atoms with van der Waals surface area (Å²) < 4.78 is 3.49. The number of aryl methyl sites for hydroxylation is 1. The summed E-state index contributed by atoms with van der Waals surface area (Å²) >= 11 is 0. The number of benzene rings is 2. The van der Waals surface area contributed by atoms with Crippen molar-refractivity contribution in [1.29, 1.82) is 0 Å². The summed E-state index contributed by atoms with van der Waals surface area (Å²) in [5.74, 6) is 0.583. The van der Waals surface area contributed by atoms with Gasteiger partial charge in [0, 0.05) is 35.8 Å². The lowest BCUT2D eigenvalue weighted by atomic mass is 10.1. The summed E-state index contributed by atoms with van der Waals surface area (Å²) in [6.45, 7) is 0.992. The van der Waals surface area contributed by atoms with Crippen molar-refractivity contribution in [2.24, 2.45) is 0 Å². The molecule has 2 aromatic carbocycles. The summed E-state index contributed by atoms with van der Waals surface area (Å²) in [5, 5.41) is 7.07. The molecule has 0 unspecified atom stereocenters. The number of para-hydroxylation sites is 1. The molecular formula is C24H21N5O2.